The van der Waals surface area contributed by atoms with Crippen LogP contribution in [0.25, 0.3) is 0 Å². The summed E-state index contributed by atoms with van der Waals surface area (Å²) in [6.45, 7) is 6.79. The zero-order valence-corrected chi connectivity index (χ0v) is 18.0. The zero-order chi connectivity index (χ0) is 21.1. The van der Waals surface area contributed by atoms with Gasteiger partial charge in [0.25, 0.3) is 0 Å². The number of unbranched alkanes of at least 4 members (excludes halogenated alkanes) is 3. The summed E-state index contributed by atoms with van der Waals surface area (Å²) < 4.78 is 10.2. The van der Waals surface area contributed by atoms with Gasteiger partial charge < -0.3 is 19.7 Å². The maximum Gasteiger partial charge on any atom is 0.410 e. The lowest BCUT2D eigenvalue weighted by atomic mass is 10.0. The van der Waals surface area contributed by atoms with E-state index in [1.54, 1.807) is 6.92 Å². The van der Waals surface area contributed by atoms with Gasteiger partial charge in [-0.25, -0.2) is 9.59 Å². The van der Waals surface area contributed by atoms with Gasteiger partial charge in [-0.05, 0) is 39.0 Å². The lowest BCUT2D eigenvalue weighted by Crippen LogP contribution is -2.51. The maximum atomic E-state index is 12.4. The summed E-state index contributed by atoms with van der Waals surface area (Å²) in [7, 11) is 0. The molecule has 8 nitrogen and oxygen atoms in total. The minimum absolute atomic E-state index is 0.0413. The molecule has 2 aliphatic heterocycles. The SMILES string of the molecule is CCCCC1COC(=O)N1C1CCN(C(=O)NCCCCCC(=O)OCC)CC1. The van der Waals surface area contributed by atoms with E-state index in [0.717, 1.165) is 51.4 Å². The summed E-state index contributed by atoms with van der Waals surface area (Å²) in [5.41, 5.74) is 0. The van der Waals surface area contributed by atoms with E-state index in [1.807, 2.05) is 9.80 Å². The van der Waals surface area contributed by atoms with Crippen LogP contribution in [0, 0.1) is 0 Å². The van der Waals surface area contributed by atoms with E-state index in [1.165, 1.54) is 0 Å². The molecule has 2 aliphatic rings. The summed E-state index contributed by atoms with van der Waals surface area (Å²) in [6, 6.07) is 0.307. The monoisotopic (exact) mass is 411 g/mol. The Hall–Kier alpha value is -1.99. The molecule has 0 saturated carbocycles. The average molecular weight is 412 g/mol. The number of nitrogens with zero attached hydrogens (tertiary/aromatic N) is 2. The van der Waals surface area contributed by atoms with E-state index >= 15 is 0 Å². The van der Waals surface area contributed by atoms with Crippen molar-refractivity contribution in [3.63, 3.8) is 0 Å². The molecule has 0 spiro atoms. The van der Waals surface area contributed by atoms with Crippen LogP contribution in [-0.4, -0.2) is 72.8 Å². The summed E-state index contributed by atoms with van der Waals surface area (Å²) in [6.07, 6.45) is 7.54. The van der Waals surface area contributed by atoms with Gasteiger partial charge in [-0.3, -0.25) is 9.69 Å². The van der Waals surface area contributed by atoms with Crippen molar-refractivity contribution in [2.24, 2.45) is 0 Å². The van der Waals surface area contributed by atoms with Crippen molar-refractivity contribution in [2.75, 3.05) is 32.8 Å². The third kappa shape index (κ3) is 7.40. The highest BCUT2D eigenvalue weighted by molar-refractivity contribution is 5.74. The standard InChI is InChI=1S/C21H37N3O5/c1-3-5-9-18-16-29-21(27)24(18)17-11-14-23(15-12-17)20(26)22-13-8-6-7-10-19(25)28-4-2/h17-18H,3-16H2,1-2H3,(H,22,26). The van der Waals surface area contributed by atoms with E-state index < -0.39 is 0 Å². The first-order valence-corrected chi connectivity index (χ1v) is 11.2. The second-order valence-electron chi connectivity index (χ2n) is 7.85. The van der Waals surface area contributed by atoms with Gasteiger partial charge in [-0.15, -0.1) is 0 Å². The Morgan fingerprint density at radius 3 is 2.59 bits per heavy atom. The predicted molar refractivity (Wildman–Crippen MR) is 110 cm³/mol. The van der Waals surface area contributed by atoms with Gasteiger partial charge in [-0.1, -0.05) is 26.2 Å². The Kier molecular flexibility index (Phi) is 10.1. The molecule has 0 aromatic rings. The molecule has 0 aromatic carbocycles. The van der Waals surface area contributed by atoms with Crippen LogP contribution < -0.4 is 5.32 Å². The minimum Gasteiger partial charge on any atom is -0.466 e. The Labute approximate surface area is 174 Å². The predicted octanol–water partition coefficient (Wildman–Crippen LogP) is 3.29. The van der Waals surface area contributed by atoms with Crippen LogP contribution in [0.2, 0.25) is 0 Å². The number of urea groups is 1. The fourth-order valence-corrected chi connectivity index (χ4v) is 4.04. The molecule has 1 N–H and O–H groups in total. The lowest BCUT2D eigenvalue weighted by molar-refractivity contribution is -0.143. The number of carbonyl (C=O) groups excluding carboxylic acids is 3. The van der Waals surface area contributed by atoms with Gasteiger partial charge in [0.05, 0.1) is 12.6 Å². The van der Waals surface area contributed by atoms with E-state index in [-0.39, 0.29) is 30.2 Å². The highest BCUT2D eigenvalue weighted by Gasteiger charge is 2.39. The maximum absolute atomic E-state index is 12.4. The first kappa shape index (κ1) is 23.3. The number of likely N-dealkylation sites (tertiary alicyclic amines) is 1. The van der Waals surface area contributed by atoms with E-state index in [9.17, 15) is 14.4 Å². The van der Waals surface area contributed by atoms with Gasteiger partial charge >= 0.3 is 18.1 Å². The number of amides is 3. The van der Waals surface area contributed by atoms with Crippen molar-refractivity contribution >= 4 is 18.1 Å². The number of hydrogen-bond donors (Lipinski definition) is 1. The molecule has 0 radical (unpaired) electrons. The van der Waals surface area contributed by atoms with Gasteiger partial charge in [0, 0.05) is 32.1 Å². The number of carbonyl (C=O) groups is 3. The fraction of sp³-hybridized carbons (Fsp3) is 0.857. The third-order valence-corrected chi connectivity index (χ3v) is 5.68. The number of rotatable bonds is 11. The second kappa shape index (κ2) is 12.5. The molecule has 8 heteroatoms. The number of cyclic esters (lactones) is 1. The number of piperidine rings is 1. The zero-order valence-electron chi connectivity index (χ0n) is 18.0. The van der Waals surface area contributed by atoms with Crippen LogP contribution in [0.1, 0.15) is 71.6 Å². The number of ether oxygens (including phenoxy) is 2. The van der Waals surface area contributed by atoms with Gasteiger partial charge in [0.2, 0.25) is 0 Å². The summed E-state index contributed by atoms with van der Waals surface area (Å²) >= 11 is 0. The molecular formula is C21H37N3O5. The first-order chi connectivity index (χ1) is 14.1. The largest absolute Gasteiger partial charge is 0.466 e. The highest BCUT2D eigenvalue weighted by atomic mass is 16.6. The first-order valence-electron chi connectivity index (χ1n) is 11.2. The van der Waals surface area contributed by atoms with Crippen molar-refractivity contribution in [2.45, 2.75) is 83.7 Å². The molecule has 166 valence electrons. The van der Waals surface area contributed by atoms with Crippen molar-refractivity contribution in [1.82, 2.24) is 15.1 Å². The van der Waals surface area contributed by atoms with Crippen LogP contribution in [0.5, 0.6) is 0 Å². The quantitative estimate of drug-likeness (QED) is 0.416. The fourth-order valence-electron chi connectivity index (χ4n) is 4.04. The molecule has 2 heterocycles. The topological polar surface area (TPSA) is 88.2 Å². The van der Waals surface area contributed by atoms with Crippen molar-refractivity contribution in [1.29, 1.82) is 0 Å². The molecule has 0 bridgehead atoms. The van der Waals surface area contributed by atoms with Gasteiger partial charge in [0.1, 0.15) is 6.61 Å². The number of nitrogens with one attached hydrogen (secondary N) is 1. The molecule has 0 aromatic heterocycles. The van der Waals surface area contributed by atoms with E-state index in [4.69, 9.17) is 9.47 Å². The summed E-state index contributed by atoms with van der Waals surface area (Å²) in [5, 5.41) is 2.96. The smallest absolute Gasteiger partial charge is 0.410 e. The molecule has 3 amide bonds. The van der Waals surface area contributed by atoms with Crippen LogP contribution >= 0.6 is 0 Å². The molecule has 2 rings (SSSR count). The highest BCUT2D eigenvalue weighted by Crippen LogP contribution is 2.26. The molecule has 1 atom stereocenters. The Bertz CT molecular complexity index is 534. The Morgan fingerprint density at radius 1 is 1.14 bits per heavy atom. The normalized spacial score (nSPS) is 19.9. The second-order valence-corrected chi connectivity index (χ2v) is 7.85. The average Bonchev–Trinajstić information content (AvgIpc) is 3.09. The van der Waals surface area contributed by atoms with Crippen LogP contribution in [0.4, 0.5) is 9.59 Å². The molecule has 1 unspecified atom stereocenters. The van der Waals surface area contributed by atoms with Gasteiger partial charge in [0.15, 0.2) is 0 Å². The van der Waals surface area contributed by atoms with Crippen molar-refractivity contribution < 1.29 is 23.9 Å². The number of esters is 1. The molecule has 2 saturated heterocycles. The van der Waals surface area contributed by atoms with Crippen LogP contribution in [0.3, 0.4) is 0 Å². The molecule has 2 fully saturated rings. The third-order valence-electron chi connectivity index (χ3n) is 5.68. The van der Waals surface area contributed by atoms with E-state index in [0.29, 0.717) is 39.3 Å². The lowest BCUT2D eigenvalue weighted by Gasteiger charge is -2.37. The summed E-state index contributed by atoms with van der Waals surface area (Å²) in [4.78, 5) is 39.5. The Balaban J connectivity index is 1.62. The molecule has 0 aliphatic carbocycles. The summed E-state index contributed by atoms with van der Waals surface area (Å²) in [5.74, 6) is -0.154. The molecular weight excluding hydrogens is 374 g/mol. The van der Waals surface area contributed by atoms with E-state index in [2.05, 4.69) is 12.2 Å². The Morgan fingerprint density at radius 2 is 1.90 bits per heavy atom. The van der Waals surface area contributed by atoms with Crippen molar-refractivity contribution in [3.8, 4) is 0 Å². The van der Waals surface area contributed by atoms with Crippen LogP contribution in [0.15, 0.2) is 0 Å². The van der Waals surface area contributed by atoms with Crippen molar-refractivity contribution in [3.05, 3.63) is 0 Å². The van der Waals surface area contributed by atoms with Crippen LogP contribution in [-0.2, 0) is 14.3 Å². The number of hydrogen-bond acceptors (Lipinski definition) is 5. The minimum atomic E-state index is -0.197. The molecule has 29 heavy (non-hydrogen) atoms. The van der Waals surface area contributed by atoms with Gasteiger partial charge in [-0.2, -0.15) is 0 Å².